The van der Waals surface area contributed by atoms with E-state index in [0.717, 1.165) is 11.2 Å². The van der Waals surface area contributed by atoms with Crippen LogP contribution >= 0.6 is 23.4 Å². The zero-order chi connectivity index (χ0) is 16.2. The summed E-state index contributed by atoms with van der Waals surface area (Å²) in [6, 6.07) is 13.1. The molecule has 1 amide bonds. The number of amides is 1. The number of hydrogen-bond donors (Lipinski definition) is 1. The van der Waals surface area contributed by atoms with Crippen molar-refractivity contribution < 1.29 is 4.79 Å². The Balaban J connectivity index is 1.58. The highest BCUT2D eigenvalue weighted by Gasteiger charge is 2.12. The van der Waals surface area contributed by atoms with Crippen molar-refractivity contribution in [2.24, 2.45) is 0 Å². The highest BCUT2D eigenvalue weighted by Crippen LogP contribution is 2.18. The van der Waals surface area contributed by atoms with Gasteiger partial charge in [0.25, 0.3) is 0 Å². The third kappa shape index (κ3) is 3.83. The summed E-state index contributed by atoms with van der Waals surface area (Å²) in [6.45, 7) is 1.94. The molecule has 0 bridgehead atoms. The van der Waals surface area contributed by atoms with E-state index in [9.17, 15) is 4.79 Å². The van der Waals surface area contributed by atoms with E-state index in [1.165, 1.54) is 11.8 Å². The Bertz CT molecular complexity index is 818. The van der Waals surface area contributed by atoms with Gasteiger partial charge in [0, 0.05) is 11.2 Å². The zero-order valence-electron chi connectivity index (χ0n) is 12.4. The van der Waals surface area contributed by atoms with Crippen LogP contribution in [0.5, 0.6) is 0 Å². The minimum Gasteiger partial charge on any atom is -0.349 e. The number of benzene rings is 1. The molecule has 0 saturated carbocycles. The molecule has 0 unspecified atom stereocenters. The maximum absolute atomic E-state index is 12.1. The third-order valence-electron chi connectivity index (χ3n) is 3.36. The molecule has 3 rings (SSSR count). The van der Waals surface area contributed by atoms with E-state index in [2.05, 4.69) is 15.5 Å². The molecule has 7 heteroatoms. The summed E-state index contributed by atoms with van der Waals surface area (Å²) in [6.07, 6.45) is 1.88. The van der Waals surface area contributed by atoms with Crippen LogP contribution in [-0.2, 0) is 4.79 Å². The molecule has 5 nitrogen and oxygen atoms in total. The van der Waals surface area contributed by atoms with Crippen molar-refractivity contribution in [3.05, 3.63) is 59.2 Å². The maximum Gasteiger partial charge on any atom is 0.230 e. The molecule has 0 aliphatic heterocycles. The number of hydrogen-bond acceptors (Lipinski definition) is 4. The van der Waals surface area contributed by atoms with Crippen LogP contribution in [0.3, 0.4) is 0 Å². The van der Waals surface area contributed by atoms with Gasteiger partial charge in [0.15, 0.2) is 10.8 Å². The lowest BCUT2D eigenvalue weighted by atomic mass is 10.1. The van der Waals surface area contributed by atoms with Gasteiger partial charge in [0.05, 0.1) is 11.8 Å². The molecule has 0 radical (unpaired) electrons. The normalized spacial score (nSPS) is 12.3. The van der Waals surface area contributed by atoms with Crippen molar-refractivity contribution in [1.82, 2.24) is 19.9 Å². The fourth-order valence-corrected chi connectivity index (χ4v) is 3.03. The average molecular weight is 347 g/mol. The number of nitrogens with zero attached hydrogens (tertiary/aromatic N) is 3. The molecule has 0 saturated heterocycles. The second kappa shape index (κ2) is 7.02. The van der Waals surface area contributed by atoms with Gasteiger partial charge < -0.3 is 5.32 Å². The fourth-order valence-electron chi connectivity index (χ4n) is 2.17. The van der Waals surface area contributed by atoms with Crippen LogP contribution in [0, 0.1) is 0 Å². The van der Waals surface area contributed by atoms with Gasteiger partial charge in [-0.25, -0.2) is 0 Å². The lowest BCUT2D eigenvalue weighted by molar-refractivity contribution is -0.119. The predicted octanol–water partition coefficient (Wildman–Crippen LogP) is 3.35. The maximum atomic E-state index is 12.1. The van der Waals surface area contributed by atoms with E-state index in [-0.39, 0.29) is 17.7 Å². The number of rotatable bonds is 5. The quantitative estimate of drug-likeness (QED) is 0.720. The number of nitrogens with one attached hydrogen (secondary N) is 1. The molecule has 0 spiro atoms. The summed E-state index contributed by atoms with van der Waals surface area (Å²) in [5, 5.41) is 12.5. The van der Waals surface area contributed by atoms with Crippen molar-refractivity contribution in [2.75, 3.05) is 5.75 Å². The fraction of sp³-hybridized carbons (Fsp3) is 0.188. The standard InChI is InChI=1S/C16H15ClN4OS/c1-11(12-5-7-13(17)8-6-12)18-15(22)10-23-16-20-19-14-4-2-3-9-21(14)16/h2-9,11H,10H2,1H3,(H,18,22)/t11-/m0/s1. The van der Waals surface area contributed by atoms with Gasteiger partial charge in [-0.1, -0.05) is 41.6 Å². The van der Waals surface area contributed by atoms with Crippen molar-refractivity contribution in [3.63, 3.8) is 0 Å². The average Bonchev–Trinajstić information content (AvgIpc) is 2.97. The Kier molecular flexibility index (Phi) is 4.83. The Labute approximate surface area is 143 Å². The van der Waals surface area contributed by atoms with Gasteiger partial charge >= 0.3 is 0 Å². The van der Waals surface area contributed by atoms with E-state index < -0.39 is 0 Å². The molecule has 0 aliphatic carbocycles. The van der Waals surface area contributed by atoms with Crippen molar-refractivity contribution in [2.45, 2.75) is 18.1 Å². The summed E-state index contributed by atoms with van der Waals surface area (Å²) >= 11 is 7.23. The second-order valence-corrected chi connectivity index (χ2v) is 6.42. The first kappa shape index (κ1) is 15.8. The Morgan fingerprint density at radius 3 is 2.83 bits per heavy atom. The largest absolute Gasteiger partial charge is 0.349 e. The zero-order valence-corrected chi connectivity index (χ0v) is 14.0. The molecule has 2 heterocycles. The van der Waals surface area contributed by atoms with Gasteiger partial charge in [-0.3, -0.25) is 9.20 Å². The topological polar surface area (TPSA) is 59.3 Å². The molecule has 118 valence electrons. The predicted molar refractivity (Wildman–Crippen MR) is 91.7 cm³/mol. The number of carbonyl (C=O) groups is 1. The molecule has 1 atom stereocenters. The number of fused-ring (bicyclic) bond motifs is 1. The summed E-state index contributed by atoms with van der Waals surface area (Å²) in [4.78, 5) is 12.1. The molecule has 1 aromatic carbocycles. The SMILES string of the molecule is C[C@H](NC(=O)CSc1nnc2ccccn12)c1ccc(Cl)cc1. The van der Waals surface area contributed by atoms with Crippen molar-refractivity contribution in [1.29, 1.82) is 0 Å². The number of pyridine rings is 1. The van der Waals surface area contributed by atoms with E-state index in [1.807, 2.05) is 60.0 Å². The number of carbonyl (C=O) groups excluding carboxylic acids is 1. The lowest BCUT2D eigenvalue weighted by Gasteiger charge is -2.14. The van der Waals surface area contributed by atoms with Gasteiger partial charge in [-0.2, -0.15) is 0 Å². The second-order valence-electron chi connectivity index (χ2n) is 5.04. The first-order valence-corrected chi connectivity index (χ1v) is 8.47. The number of halogens is 1. The van der Waals surface area contributed by atoms with Crippen LogP contribution in [-0.4, -0.2) is 26.3 Å². The van der Waals surface area contributed by atoms with Gasteiger partial charge in [-0.15, -0.1) is 10.2 Å². The van der Waals surface area contributed by atoms with Crippen LogP contribution in [0.1, 0.15) is 18.5 Å². The lowest BCUT2D eigenvalue weighted by Crippen LogP contribution is -2.28. The van der Waals surface area contributed by atoms with Crippen LogP contribution in [0.2, 0.25) is 5.02 Å². The van der Waals surface area contributed by atoms with Crippen LogP contribution in [0.4, 0.5) is 0 Å². The molecule has 2 aromatic heterocycles. The van der Waals surface area contributed by atoms with Crippen LogP contribution in [0.25, 0.3) is 5.65 Å². The van der Waals surface area contributed by atoms with Crippen LogP contribution < -0.4 is 5.32 Å². The Morgan fingerprint density at radius 1 is 1.26 bits per heavy atom. The number of thioether (sulfide) groups is 1. The molecule has 0 fully saturated rings. The Morgan fingerprint density at radius 2 is 2.04 bits per heavy atom. The first-order valence-electron chi connectivity index (χ1n) is 7.11. The van der Waals surface area contributed by atoms with E-state index >= 15 is 0 Å². The van der Waals surface area contributed by atoms with Gasteiger partial charge in [0.2, 0.25) is 5.91 Å². The highest BCUT2D eigenvalue weighted by atomic mass is 35.5. The van der Waals surface area contributed by atoms with Crippen molar-refractivity contribution >= 4 is 34.9 Å². The van der Waals surface area contributed by atoms with Gasteiger partial charge in [0.1, 0.15) is 0 Å². The smallest absolute Gasteiger partial charge is 0.230 e. The molecule has 3 aromatic rings. The Hall–Kier alpha value is -2.05. The summed E-state index contributed by atoms with van der Waals surface area (Å²) < 4.78 is 1.86. The molecule has 23 heavy (non-hydrogen) atoms. The first-order chi connectivity index (χ1) is 11.1. The summed E-state index contributed by atoms with van der Waals surface area (Å²) in [7, 11) is 0. The third-order valence-corrected chi connectivity index (χ3v) is 4.56. The highest BCUT2D eigenvalue weighted by molar-refractivity contribution is 7.99. The summed E-state index contributed by atoms with van der Waals surface area (Å²) in [5.74, 6) is 0.235. The molecule has 1 N–H and O–H groups in total. The summed E-state index contributed by atoms with van der Waals surface area (Å²) in [5.41, 5.74) is 1.78. The molecular formula is C16H15ClN4OS. The van der Waals surface area contributed by atoms with Crippen molar-refractivity contribution in [3.8, 4) is 0 Å². The van der Waals surface area contributed by atoms with E-state index in [0.29, 0.717) is 10.2 Å². The molecule has 0 aliphatic rings. The molecular weight excluding hydrogens is 332 g/mol. The number of aromatic nitrogens is 3. The minimum absolute atomic E-state index is 0.0508. The minimum atomic E-state index is -0.0736. The van der Waals surface area contributed by atoms with E-state index in [1.54, 1.807) is 0 Å². The van der Waals surface area contributed by atoms with E-state index in [4.69, 9.17) is 11.6 Å². The van der Waals surface area contributed by atoms with Crippen LogP contribution in [0.15, 0.2) is 53.8 Å². The monoisotopic (exact) mass is 346 g/mol. The van der Waals surface area contributed by atoms with Gasteiger partial charge in [-0.05, 0) is 36.8 Å².